The lowest BCUT2D eigenvalue weighted by atomic mass is 10.1. The van der Waals surface area contributed by atoms with Crippen molar-refractivity contribution in [3.05, 3.63) is 63.7 Å². The molecule has 0 heterocycles. The quantitative estimate of drug-likeness (QED) is 0.600. The number of hydrogen-bond donors (Lipinski definition) is 0. The summed E-state index contributed by atoms with van der Waals surface area (Å²) in [6, 6.07) is 9.69. The van der Waals surface area contributed by atoms with Crippen LogP contribution in [0.5, 0.6) is 11.5 Å². The number of rotatable bonds is 7. The van der Waals surface area contributed by atoms with Crippen molar-refractivity contribution >= 4 is 23.5 Å². The van der Waals surface area contributed by atoms with E-state index in [1.165, 1.54) is 0 Å². The maximum atomic E-state index is 11.8. The van der Waals surface area contributed by atoms with Gasteiger partial charge in [-0.15, -0.1) is 0 Å². The van der Waals surface area contributed by atoms with Crippen LogP contribution in [0.15, 0.2) is 36.4 Å². The lowest BCUT2D eigenvalue weighted by Gasteiger charge is -2.13. The van der Waals surface area contributed by atoms with Gasteiger partial charge in [0.1, 0.15) is 18.1 Å². The van der Waals surface area contributed by atoms with Crippen LogP contribution in [0.3, 0.4) is 0 Å². The first-order chi connectivity index (χ1) is 12.5. The second-order valence-electron chi connectivity index (χ2n) is 6.74. The largest absolute Gasteiger partial charge is 0.496 e. The molecule has 2 aromatic rings. The first kappa shape index (κ1) is 18.5. The summed E-state index contributed by atoms with van der Waals surface area (Å²) in [5.74, 6) is 1.99. The Labute approximate surface area is 159 Å². The molecule has 0 aliphatic heterocycles. The number of aryl methyl sites for hydroxylation is 2. The highest BCUT2D eigenvalue weighted by Crippen LogP contribution is 2.31. The van der Waals surface area contributed by atoms with Gasteiger partial charge in [-0.3, -0.25) is 4.79 Å². The highest BCUT2D eigenvalue weighted by molar-refractivity contribution is 6.32. The molecule has 3 rings (SSSR count). The lowest BCUT2D eigenvalue weighted by molar-refractivity contribution is -0.115. The third-order valence-corrected chi connectivity index (χ3v) is 5.12. The molecule has 2 aromatic carbocycles. The van der Waals surface area contributed by atoms with Gasteiger partial charge in [-0.05, 0) is 73.7 Å². The Bertz CT molecular complexity index is 827. The van der Waals surface area contributed by atoms with Gasteiger partial charge in [0.05, 0.1) is 7.11 Å². The van der Waals surface area contributed by atoms with Crippen LogP contribution in [0.4, 0.5) is 0 Å². The van der Waals surface area contributed by atoms with Crippen molar-refractivity contribution in [2.75, 3.05) is 7.11 Å². The van der Waals surface area contributed by atoms with Gasteiger partial charge in [0.2, 0.25) is 0 Å². The Balaban J connectivity index is 1.75. The van der Waals surface area contributed by atoms with E-state index in [2.05, 4.69) is 0 Å². The first-order valence-electron chi connectivity index (χ1n) is 8.76. The van der Waals surface area contributed by atoms with E-state index in [0.29, 0.717) is 6.61 Å². The normalized spacial score (nSPS) is 13.8. The third-order valence-electron chi connectivity index (χ3n) is 4.53. The Hall–Kier alpha value is -2.26. The van der Waals surface area contributed by atoms with Gasteiger partial charge in [0.25, 0.3) is 0 Å². The van der Waals surface area contributed by atoms with Crippen LogP contribution >= 0.6 is 11.6 Å². The van der Waals surface area contributed by atoms with Gasteiger partial charge >= 0.3 is 0 Å². The summed E-state index contributed by atoms with van der Waals surface area (Å²) in [4.78, 5) is 11.8. The zero-order chi connectivity index (χ0) is 18.7. The molecule has 1 fully saturated rings. The number of carbonyl (C=O) groups is 1. The van der Waals surface area contributed by atoms with Crippen molar-refractivity contribution in [1.29, 1.82) is 0 Å². The summed E-state index contributed by atoms with van der Waals surface area (Å²) in [6.07, 6.45) is 5.58. The highest BCUT2D eigenvalue weighted by atomic mass is 35.5. The predicted octanol–water partition coefficient (Wildman–Crippen LogP) is 5.54. The minimum absolute atomic E-state index is 0.214. The molecule has 1 saturated carbocycles. The molecule has 0 aromatic heterocycles. The van der Waals surface area contributed by atoms with Gasteiger partial charge in [0.15, 0.2) is 5.78 Å². The van der Waals surface area contributed by atoms with E-state index >= 15 is 0 Å². The maximum Gasteiger partial charge on any atom is 0.158 e. The fraction of sp³-hybridized carbons (Fsp3) is 0.318. The molecule has 0 saturated heterocycles. The summed E-state index contributed by atoms with van der Waals surface area (Å²) in [7, 11) is 1.64. The van der Waals surface area contributed by atoms with E-state index in [1.807, 2.05) is 50.3 Å². The van der Waals surface area contributed by atoms with Crippen molar-refractivity contribution in [3.63, 3.8) is 0 Å². The lowest BCUT2D eigenvalue weighted by Crippen LogP contribution is -2.00. The van der Waals surface area contributed by atoms with E-state index in [1.54, 1.807) is 13.2 Å². The number of hydrogen-bond acceptors (Lipinski definition) is 3. The van der Waals surface area contributed by atoms with Crippen molar-refractivity contribution < 1.29 is 14.3 Å². The van der Waals surface area contributed by atoms with E-state index in [-0.39, 0.29) is 11.7 Å². The van der Waals surface area contributed by atoms with Crippen molar-refractivity contribution in [2.24, 2.45) is 5.92 Å². The predicted molar refractivity (Wildman–Crippen MR) is 105 cm³/mol. The van der Waals surface area contributed by atoms with Crippen LogP contribution in [0, 0.1) is 19.8 Å². The van der Waals surface area contributed by atoms with E-state index in [0.717, 1.165) is 51.6 Å². The Morgan fingerprint density at radius 1 is 1.19 bits per heavy atom. The SMILES string of the molecule is COc1ccc(/C=C/C(=O)C2CC2)cc1COc1cc(C)c(Cl)c(C)c1. The molecule has 0 atom stereocenters. The van der Waals surface area contributed by atoms with Crippen LogP contribution in [0.25, 0.3) is 6.08 Å². The number of halogens is 1. The van der Waals surface area contributed by atoms with Crippen molar-refractivity contribution in [1.82, 2.24) is 0 Å². The molecule has 0 amide bonds. The average molecular weight is 371 g/mol. The van der Waals surface area contributed by atoms with Crippen LogP contribution in [0.2, 0.25) is 5.02 Å². The Morgan fingerprint density at radius 2 is 1.88 bits per heavy atom. The average Bonchev–Trinajstić information content (AvgIpc) is 3.47. The second kappa shape index (κ2) is 7.96. The van der Waals surface area contributed by atoms with E-state index in [9.17, 15) is 4.79 Å². The number of carbonyl (C=O) groups excluding carboxylic acids is 1. The van der Waals surface area contributed by atoms with E-state index < -0.39 is 0 Å². The third kappa shape index (κ3) is 4.47. The molecule has 3 nitrogen and oxygen atoms in total. The van der Waals surface area contributed by atoms with Gasteiger partial charge in [-0.2, -0.15) is 0 Å². The Morgan fingerprint density at radius 3 is 2.50 bits per heavy atom. The second-order valence-corrected chi connectivity index (χ2v) is 7.12. The van der Waals surface area contributed by atoms with Crippen molar-refractivity contribution in [3.8, 4) is 11.5 Å². The summed E-state index contributed by atoms with van der Waals surface area (Å²) >= 11 is 6.21. The number of benzene rings is 2. The van der Waals surface area contributed by atoms with Crippen LogP contribution in [0.1, 0.15) is 35.1 Å². The van der Waals surface area contributed by atoms with Crippen LogP contribution in [-0.4, -0.2) is 12.9 Å². The van der Waals surface area contributed by atoms with Crippen LogP contribution in [-0.2, 0) is 11.4 Å². The summed E-state index contributed by atoms with van der Waals surface area (Å²) < 4.78 is 11.4. The number of methoxy groups -OCH3 is 1. The molecule has 0 radical (unpaired) electrons. The summed E-state index contributed by atoms with van der Waals surface area (Å²) in [5.41, 5.74) is 3.87. The fourth-order valence-corrected chi connectivity index (χ4v) is 2.96. The summed E-state index contributed by atoms with van der Waals surface area (Å²) in [6.45, 7) is 4.30. The van der Waals surface area contributed by atoms with Gasteiger partial charge in [-0.25, -0.2) is 0 Å². The topological polar surface area (TPSA) is 35.5 Å². The minimum Gasteiger partial charge on any atom is -0.496 e. The van der Waals surface area contributed by atoms with Gasteiger partial charge < -0.3 is 9.47 Å². The Kier molecular flexibility index (Phi) is 5.67. The zero-order valence-corrected chi connectivity index (χ0v) is 16.1. The zero-order valence-electron chi connectivity index (χ0n) is 15.3. The summed E-state index contributed by atoms with van der Waals surface area (Å²) in [5, 5.41) is 0.766. The molecule has 1 aliphatic carbocycles. The molecule has 0 bridgehead atoms. The number of ketones is 1. The molecule has 0 unspecified atom stereocenters. The van der Waals surface area contributed by atoms with E-state index in [4.69, 9.17) is 21.1 Å². The standard InChI is InChI=1S/C22H23ClO3/c1-14-10-19(11-15(2)22(14)23)26-13-18-12-16(5-9-21(18)25-3)4-8-20(24)17-6-7-17/h4-5,8-12,17H,6-7,13H2,1-3H3/b8-4+. The van der Waals surface area contributed by atoms with Gasteiger partial charge in [0, 0.05) is 16.5 Å². The molecule has 4 heteroatoms. The van der Waals surface area contributed by atoms with Gasteiger partial charge in [-0.1, -0.05) is 23.7 Å². The number of allylic oxidation sites excluding steroid dienone is 1. The van der Waals surface area contributed by atoms with Crippen molar-refractivity contribution in [2.45, 2.75) is 33.3 Å². The van der Waals surface area contributed by atoms with Crippen LogP contribution < -0.4 is 9.47 Å². The molecular formula is C22H23ClO3. The minimum atomic E-state index is 0.214. The highest BCUT2D eigenvalue weighted by Gasteiger charge is 2.27. The molecule has 136 valence electrons. The number of ether oxygens (including phenoxy) is 2. The first-order valence-corrected chi connectivity index (χ1v) is 9.14. The molecule has 1 aliphatic rings. The maximum absolute atomic E-state index is 11.8. The monoisotopic (exact) mass is 370 g/mol. The molecule has 26 heavy (non-hydrogen) atoms. The smallest absolute Gasteiger partial charge is 0.158 e. The fourth-order valence-electron chi connectivity index (χ4n) is 2.85. The molecular weight excluding hydrogens is 348 g/mol. The molecule has 0 spiro atoms. The molecule has 0 N–H and O–H groups in total.